The molecule has 2 aliphatic rings. The molecule has 0 saturated carbocycles. The van der Waals surface area contributed by atoms with Crippen molar-refractivity contribution >= 4 is 11.4 Å². The van der Waals surface area contributed by atoms with E-state index in [1.54, 1.807) is 7.11 Å². The van der Waals surface area contributed by atoms with Crippen LogP contribution in [0.4, 0.5) is 11.4 Å². The second kappa shape index (κ2) is 11.9. The average Bonchev–Trinajstić information content (AvgIpc) is 3.55. The molecule has 4 N–H and O–H groups in total. The molecule has 1 unspecified atom stereocenters. The van der Waals surface area contributed by atoms with E-state index in [1.165, 1.54) is 12.8 Å². The van der Waals surface area contributed by atoms with E-state index in [0.29, 0.717) is 18.8 Å². The third kappa shape index (κ3) is 5.28. The van der Waals surface area contributed by atoms with Gasteiger partial charge in [0.15, 0.2) is 5.75 Å². The van der Waals surface area contributed by atoms with E-state index in [2.05, 4.69) is 21.9 Å². The van der Waals surface area contributed by atoms with Gasteiger partial charge >= 0.3 is 0 Å². The smallest absolute Gasteiger partial charge is 0.171 e. The van der Waals surface area contributed by atoms with Crippen LogP contribution in [0.2, 0.25) is 0 Å². The monoisotopic (exact) mass is 442 g/mol. The Morgan fingerprint density at radius 2 is 1.44 bits per heavy atom. The van der Waals surface area contributed by atoms with Gasteiger partial charge in [-0.2, -0.15) is 4.89 Å². The fraction of sp³-hybridized carbons (Fsp3) is 0.520. The predicted octanol–water partition coefficient (Wildman–Crippen LogP) is 3.83. The van der Waals surface area contributed by atoms with Crippen LogP contribution in [-0.4, -0.2) is 39.4 Å². The van der Waals surface area contributed by atoms with Crippen LogP contribution in [0.25, 0.3) is 0 Å². The second-order valence-electron chi connectivity index (χ2n) is 7.85. The Morgan fingerprint density at radius 3 is 2.06 bits per heavy atom. The van der Waals surface area contributed by atoms with Crippen LogP contribution >= 0.6 is 0 Å². The first-order valence-electron chi connectivity index (χ1n) is 11.8. The second-order valence-corrected chi connectivity index (χ2v) is 7.85. The Hall–Kier alpha value is -2.48. The van der Waals surface area contributed by atoms with Gasteiger partial charge in [0.25, 0.3) is 0 Å². The molecule has 2 aromatic rings. The van der Waals surface area contributed by atoms with Gasteiger partial charge in [-0.3, -0.25) is 0 Å². The molecule has 4 rings (SSSR count). The molecule has 0 aliphatic carbocycles. The maximum Gasteiger partial charge on any atom is 0.171 e. The molecule has 0 bridgehead atoms. The lowest BCUT2D eigenvalue weighted by Crippen LogP contribution is -2.25. The number of methoxy groups -OCH3 is 1. The number of hydrogen-bond acceptors (Lipinski definition) is 7. The van der Waals surface area contributed by atoms with Gasteiger partial charge in [-0.15, -0.1) is 0 Å². The molecule has 0 spiro atoms. The van der Waals surface area contributed by atoms with Crippen LogP contribution in [0, 0.1) is 0 Å². The standard InChI is InChI=1S/C23H32N4O3.C2H6/c1-28-22-8-4-7-21(18(22)14-24)27-13-10-17(16-27)29-30-23-9-5-6-20(19(23)15-25)26-11-2-3-12-26;1-2/h4-9,17H,2-3,10-16,24-25H2,1H3;1-2H3. The largest absolute Gasteiger partial charge is 0.496 e. The molecule has 7 heteroatoms. The lowest BCUT2D eigenvalue weighted by atomic mass is 10.1. The molecule has 0 amide bonds. The van der Waals surface area contributed by atoms with Gasteiger partial charge in [0, 0.05) is 61.8 Å². The van der Waals surface area contributed by atoms with Gasteiger partial charge in [0.2, 0.25) is 0 Å². The number of rotatable bonds is 8. The van der Waals surface area contributed by atoms with E-state index in [1.807, 2.05) is 38.1 Å². The normalized spacial score (nSPS) is 17.8. The van der Waals surface area contributed by atoms with Crippen LogP contribution in [0.3, 0.4) is 0 Å². The Bertz CT molecular complexity index is 855. The topological polar surface area (TPSA) is 86.2 Å². The number of benzene rings is 2. The van der Waals surface area contributed by atoms with E-state index in [4.69, 9.17) is 26.0 Å². The first-order valence-corrected chi connectivity index (χ1v) is 11.8. The zero-order valence-electron chi connectivity index (χ0n) is 19.7. The van der Waals surface area contributed by atoms with Crippen LogP contribution in [0.1, 0.15) is 44.2 Å². The van der Waals surface area contributed by atoms with E-state index in [-0.39, 0.29) is 6.10 Å². The Morgan fingerprint density at radius 1 is 0.844 bits per heavy atom. The third-order valence-electron chi connectivity index (χ3n) is 6.05. The lowest BCUT2D eigenvalue weighted by molar-refractivity contribution is -0.238. The first kappa shape index (κ1) is 24.2. The molecular weight excluding hydrogens is 404 g/mol. The summed E-state index contributed by atoms with van der Waals surface area (Å²) in [6.07, 6.45) is 3.30. The molecule has 7 nitrogen and oxygen atoms in total. The lowest BCUT2D eigenvalue weighted by Gasteiger charge is -2.24. The van der Waals surface area contributed by atoms with Crippen LogP contribution in [-0.2, 0) is 18.0 Å². The number of nitrogens with two attached hydrogens (primary N) is 2. The highest BCUT2D eigenvalue weighted by Crippen LogP contribution is 2.34. The molecule has 32 heavy (non-hydrogen) atoms. The molecule has 176 valence electrons. The van der Waals surface area contributed by atoms with Crippen molar-refractivity contribution in [2.24, 2.45) is 11.5 Å². The van der Waals surface area contributed by atoms with Crippen molar-refractivity contribution in [3.63, 3.8) is 0 Å². The van der Waals surface area contributed by atoms with Crippen molar-refractivity contribution in [2.75, 3.05) is 43.1 Å². The van der Waals surface area contributed by atoms with Crippen molar-refractivity contribution in [1.29, 1.82) is 0 Å². The fourth-order valence-corrected chi connectivity index (χ4v) is 4.48. The fourth-order valence-electron chi connectivity index (χ4n) is 4.48. The molecule has 2 fully saturated rings. The minimum atomic E-state index is -0.0251. The van der Waals surface area contributed by atoms with Crippen LogP contribution in [0.5, 0.6) is 11.5 Å². The molecule has 2 aliphatic heterocycles. The SMILES string of the molecule is CC.COc1cccc(N2CCC(OOc3cccc(N4CCCC4)c3CN)C2)c1CN. The summed E-state index contributed by atoms with van der Waals surface area (Å²) >= 11 is 0. The van der Waals surface area contributed by atoms with Crippen molar-refractivity contribution in [1.82, 2.24) is 0 Å². The maximum absolute atomic E-state index is 6.07. The molecule has 0 aromatic heterocycles. The number of hydrogen-bond donors (Lipinski definition) is 2. The number of anilines is 2. The summed E-state index contributed by atoms with van der Waals surface area (Å²) in [6.45, 7) is 8.61. The third-order valence-corrected chi connectivity index (χ3v) is 6.05. The minimum Gasteiger partial charge on any atom is -0.496 e. The van der Waals surface area contributed by atoms with Gasteiger partial charge in [-0.25, -0.2) is 0 Å². The van der Waals surface area contributed by atoms with Crippen molar-refractivity contribution in [2.45, 2.75) is 52.3 Å². The summed E-state index contributed by atoms with van der Waals surface area (Å²) in [6, 6.07) is 12.1. The maximum atomic E-state index is 6.07. The van der Waals surface area contributed by atoms with Gasteiger partial charge in [-0.05, 0) is 43.5 Å². The first-order chi connectivity index (χ1) is 15.7. The summed E-state index contributed by atoms with van der Waals surface area (Å²) in [7, 11) is 1.67. The molecule has 2 saturated heterocycles. The van der Waals surface area contributed by atoms with Crippen molar-refractivity contribution in [3.8, 4) is 11.5 Å². The molecule has 0 radical (unpaired) electrons. The van der Waals surface area contributed by atoms with E-state index in [9.17, 15) is 0 Å². The molecular formula is C25H38N4O3. The van der Waals surface area contributed by atoms with E-state index in [0.717, 1.165) is 60.9 Å². The highest BCUT2D eigenvalue weighted by molar-refractivity contribution is 5.61. The number of ether oxygens (including phenoxy) is 1. The van der Waals surface area contributed by atoms with E-state index >= 15 is 0 Å². The van der Waals surface area contributed by atoms with Crippen LogP contribution < -0.4 is 30.9 Å². The highest BCUT2D eigenvalue weighted by atomic mass is 17.2. The summed E-state index contributed by atoms with van der Waals surface area (Å²) in [5.41, 5.74) is 16.3. The highest BCUT2D eigenvalue weighted by Gasteiger charge is 2.27. The Balaban J connectivity index is 0.00000141. The predicted molar refractivity (Wildman–Crippen MR) is 130 cm³/mol. The minimum absolute atomic E-state index is 0.0251. The molecule has 2 heterocycles. The van der Waals surface area contributed by atoms with Gasteiger partial charge in [-0.1, -0.05) is 26.0 Å². The van der Waals surface area contributed by atoms with Crippen molar-refractivity contribution < 1.29 is 14.5 Å². The average molecular weight is 443 g/mol. The quantitative estimate of drug-likeness (QED) is 0.475. The van der Waals surface area contributed by atoms with Crippen LogP contribution in [0.15, 0.2) is 36.4 Å². The number of nitrogens with zero attached hydrogens (tertiary/aromatic N) is 2. The van der Waals surface area contributed by atoms with Gasteiger partial charge in [0.05, 0.1) is 7.11 Å². The van der Waals surface area contributed by atoms with Gasteiger partial charge < -0.3 is 30.9 Å². The molecule has 1 atom stereocenters. The zero-order chi connectivity index (χ0) is 22.9. The zero-order valence-corrected chi connectivity index (χ0v) is 19.7. The summed E-state index contributed by atoms with van der Waals surface area (Å²) in [5.74, 6) is 1.53. The Kier molecular flexibility index (Phi) is 9.02. The van der Waals surface area contributed by atoms with Crippen molar-refractivity contribution in [3.05, 3.63) is 47.5 Å². The summed E-state index contributed by atoms with van der Waals surface area (Å²) in [4.78, 5) is 16.3. The Labute approximate surface area is 192 Å². The summed E-state index contributed by atoms with van der Waals surface area (Å²) in [5, 5.41) is 0. The molecule has 2 aromatic carbocycles. The van der Waals surface area contributed by atoms with Gasteiger partial charge in [0.1, 0.15) is 11.9 Å². The van der Waals surface area contributed by atoms with E-state index < -0.39 is 0 Å². The summed E-state index contributed by atoms with van der Waals surface area (Å²) < 4.78 is 5.47.